The standard InChI is InChI=1S/C22H29ClF2N2O5S/c23-14-5-13(6-16(25)7-14)22-26-17(12-33-22)11-32-10-15(24)3-1-2-4-27-8-18(28)20(30)21(31)19(29)9-27/h5-7,12,15,18-21,28-31H,1-4,8-11H2/t15?,18-,19-,20+,21+/m0/s1. The highest BCUT2D eigenvalue weighted by Crippen LogP contribution is 2.27. The van der Waals surface area contributed by atoms with Crippen molar-refractivity contribution in [2.45, 2.75) is 56.5 Å². The van der Waals surface area contributed by atoms with E-state index in [4.69, 9.17) is 16.3 Å². The van der Waals surface area contributed by atoms with Crippen molar-refractivity contribution >= 4 is 22.9 Å². The van der Waals surface area contributed by atoms with Crippen LogP contribution in [0.4, 0.5) is 8.78 Å². The maximum Gasteiger partial charge on any atom is 0.125 e. The van der Waals surface area contributed by atoms with Crippen LogP contribution in [0.1, 0.15) is 25.0 Å². The molecule has 1 aliphatic heterocycles. The van der Waals surface area contributed by atoms with E-state index in [1.54, 1.807) is 16.3 Å². The molecule has 1 aromatic carbocycles. The van der Waals surface area contributed by atoms with Gasteiger partial charge in [-0.05, 0) is 44.0 Å². The van der Waals surface area contributed by atoms with Gasteiger partial charge in [0.15, 0.2) is 0 Å². The summed E-state index contributed by atoms with van der Waals surface area (Å²) in [5.74, 6) is -0.441. The molecule has 1 fully saturated rings. The molecule has 0 aliphatic carbocycles. The fraction of sp³-hybridized carbons (Fsp3) is 0.591. The quantitative estimate of drug-likeness (QED) is 0.367. The number of ether oxygens (including phenoxy) is 1. The summed E-state index contributed by atoms with van der Waals surface area (Å²) in [4.78, 5) is 6.14. The maximum absolute atomic E-state index is 14.2. The second-order valence-electron chi connectivity index (χ2n) is 8.29. The smallest absolute Gasteiger partial charge is 0.125 e. The van der Waals surface area contributed by atoms with Crippen molar-refractivity contribution in [1.82, 2.24) is 9.88 Å². The number of hydrogen-bond donors (Lipinski definition) is 4. The normalized spacial score (nSPS) is 25.2. The molecule has 2 aromatic rings. The zero-order chi connectivity index (χ0) is 24.0. The van der Waals surface area contributed by atoms with E-state index in [0.717, 1.165) is 0 Å². The second kappa shape index (κ2) is 12.5. The Morgan fingerprint density at radius 1 is 1.12 bits per heavy atom. The zero-order valence-corrected chi connectivity index (χ0v) is 19.6. The molecule has 5 atom stereocenters. The monoisotopic (exact) mass is 506 g/mol. The van der Waals surface area contributed by atoms with Gasteiger partial charge in [0, 0.05) is 29.1 Å². The number of rotatable bonds is 10. The van der Waals surface area contributed by atoms with E-state index >= 15 is 0 Å². The lowest BCUT2D eigenvalue weighted by atomic mass is 10.1. The van der Waals surface area contributed by atoms with Crippen LogP contribution in [0.2, 0.25) is 5.02 Å². The minimum Gasteiger partial charge on any atom is -0.389 e. The lowest BCUT2D eigenvalue weighted by molar-refractivity contribution is -0.0894. The van der Waals surface area contributed by atoms with Gasteiger partial charge in [0.05, 0.1) is 31.1 Å². The first kappa shape index (κ1) is 26.4. The molecule has 2 heterocycles. The van der Waals surface area contributed by atoms with E-state index in [1.165, 1.54) is 23.5 Å². The largest absolute Gasteiger partial charge is 0.389 e. The summed E-state index contributed by atoms with van der Waals surface area (Å²) in [7, 11) is 0. The van der Waals surface area contributed by atoms with Gasteiger partial charge in [-0.1, -0.05) is 11.6 Å². The number of aromatic nitrogens is 1. The highest BCUT2D eigenvalue weighted by Gasteiger charge is 2.35. The Balaban J connectivity index is 1.33. The number of β-amino-alcohol motifs (C(OH)–C–C–N with tert-alkyl or cyclic N) is 2. The predicted octanol–water partition coefficient (Wildman–Crippen LogP) is 2.39. The van der Waals surface area contributed by atoms with E-state index in [1.807, 2.05) is 0 Å². The van der Waals surface area contributed by atoms with Gasteiger partial charge in [-0.3, -0.25) is 4.90 Å². The molecule has 184 valence electrons. The molecular weight excluding hydrogens is 478 g/mol. The molecule has 33 heavy (non-hydrogen) atoms. The molecule has 1 unspecified atom stereocenters. The average molecular weight is 507 g/mol. The van der Waals surface area contributed by atoms with Gasteiger partial charge in [-0.2, -0.15) is 0 Å². The Hall–Kier alpha value is -1.24. The van der Waals surface area contributed by atoms with E-state index in [-0.39, 0.29) is 31.3 Å². The third-order valence-electron chi connectivity index (χ3n) is 5.48. The number of thiazole rings is 1. The first-order valence-corrected chi connectivity index (χ1v) is 12.1. The molecule has 0 amide bonds. The van der Waals surface area contributed by atoms with Gasteiger partial charge >= 0.3 is 0 Å². The molecule has 3 rings (SSSR count). The third-order valence-corrected chi connectivity index (χ3v) is 6.64. The molecule has 11 heteroatoms. The van der Waals surface area contributed by atoms with Crippen LogP contribution in [0.5, 0.6) is 0 Å². The number of hydrogen-bond acceptors (Lipinski definition) is 8. The molecule has 1 saturated heterocycles. The van der Waals surface area contributed by atoms with E-state index < -0.39 is 36.4 Å². The average Bonchev–Trinajstić information content (AvgIpc) is 3.20. The number of unbranched alkanes of at least 4 members (excludes halogenated alkanes) is 1. The Morgan fingerprint density at radius 3 is 2.48 bits per heavy atom. The van der Waals surface area contributed by atoms with Crippen LogP contribution in [0, 0.1) is 5.82 Å². The maximum atomic E-state index is 14.2. The van der Waals surface area contributed by atoms with Crippen molar-refractivity contribution in [1.29, 1.82) is 0 Å². The summed E-state index contributed by atoms with van der Waals surface area (Å²) in [6, 6.07) is 4.20. The second-order valence-corrected chi connectivity index (χ2v) is 9.58. The van der Waals surface area contributed by atoms with Crippen LogP contribution in [0.3, 0.4) is 0 Å². The lowest BCUT2D eigenvalue weighted by Crippen LogP contribution is -2.43. The van der Waals surface area contributed by atoms with Crippen LogP contribution in [-0.4, -0.2) is 87.1 Å². The molecule has 0 saturated carbocycles. The molecule has 1 aliphatic rings. The first-order chi connectivity index (χ1) is 15.7. The number of benzene rings is 1. The van der Waals surface area contributed by atoms with Crippen LogP contribution >= 0.6 is 22.9 Å². The summed E-state index contributed by atoms with van der Waals surface area (Å²) in [5, 5.41) is 41.9. The summed E-state index contributed by atoms with van der Waals surface area (Å²) >= 11 is 7.21. The van der Waals surface area contributed by atoms with Crippen molar-refractivity contribution < 1.29 is 33.9 Å². The first-order valence-electron chi connectivity index (χ1n) is 10.8. The number of aliphatic hydroxyl groups excluding tert-OH is 4. The number of aliphatic hydroxyl groups is 4. The Bertz CT molecular complexity index is 856. The van der Waals surface area contributed by atoms with Crippen molar-refractivity contribution in [2.75, 3.05) is 26.2 Å². The Labute approximate surface area is 200 Å². The predicted molar refractivity (Wildman–Crippen MR) is 121 cm³/mol. The Kier molecular flexibility index (Phi) is 9.95. The van der Waals surface area contributed by atoms with Gasteiger partial charge in [0.2, 0.25) is 0 Å². The fourth-order valence-corrected chi connectivity index (χ4v) is 4.73. The molecule has 7 nitrogen and oxygen atoms in total. The van der Waals surface area contributed by atoms with Crippen molar-refractivity contribution in [3.05, 3.63) is 40.1 Å². The van der Waals surface area contributed by atoms with Crippen LogP contribution < -0.4 is 0 Å². The molecule has 1 aromatic heterocycles. The number of halogens is 3. The number of likely N-dealkylation sites (tertiary alicyclic amines) is 1. The highest BCUT2D eigenvalue weighted by atomic mass is 35.5. The summed E-state index contributed by atoms with van der Waals surface area (Å²) in [6.45, 7) is 0.850. The van der Waals surface area contributed by atoms with E-state index in [2.05, 4.69) is 4.98 Å². The van der Waals surface area contributed by atoms with Crippen molar-refractivity contribution in [3.63, 3.8) is 0 Å². The van der Waals surface area contributed by atoms with E-state index in [9.17, 15) is 29.2 Å². The van der Waals surface area contributed by atoms with Gasteiger partial charge in [-0.25, -0.2) is 13.8 Å². The van der Waals surface area contributed by atoms with Gasteiger partial charge < -0.3 is 25.2 Å². The summed E-state index contributed by atoms with van der Waals surface area (Å²) < 4.78 is 33.1. The fourth-order valence-electron chi connectivity index (χ4n) is 3.72. The molecule has 0 spiro atoms. The Morgan fingerprint density at radius 2 is 1.82 bits per heavy atom. The van der Waals surface area contributed by atoms with Crippen molar-refractivity contribution in [2.24, 2.45) is 0 Å². The summed E-state index contributed by atoms with van der Waals surface area (Å²) in [6.07, 6.45) is -4.71. The molecular formula is C22H29ClF2N2O5S. The van der Waals surface area contributed by atoms with Gasteiger partial charge in [0.25, 0.3) is 0 Å². The van der Waals surface area contributed by atoms with Crippen LogP contribution in [0.15, 0.2) is 23.6 Å². The molecule has 4 N–H and O–H groups in total. The molecule has 0 bridgehead atoms. The number of nitrogens with zero attached hydrogens (tertiary/aromatic N) is 2. The summed E-state index contributed by atoms with van der Waals surface area (Å²) in [5.41, 5.74) is 1.21. The number of alkyl halides is 1. The van der Waals surface area contributed by atoms with Gasteiger partial charge in [-0.15, -0.1) is 11.3 Å². The minimum absolute atomic E-state index is 0.0712. The van der Waals surface area contributed by atoms with Crippen LogP contribution in [0.25, 0.3) is 10.6 Å². The van der Waals surface area contributed by atoms with Crippen LogP contribution in [-0.2, 0) is 11.3 Å². The molecule has 0 radical (unpaired) electrons. The van der Waals surface area contributed by atoms with Crippen molar-refractivity contribution in [3.8, 4) is 10.6 Å². The minimum atomic E-state index is -1.39. The zero-order valence-electron chi connectivity index (χ0n) is 18.0. The third kappa shape index (κ3) is 7.90. The lowest BCUT2D eigenvalue weighted by Gasteiger charge is -2.23. The SMILES string of the molecule is O[C@H]1[C@H](O)[C@@H](O)CN(CCCCC(F)COCc2csc(-c3cc(F)cc(Cl)c3)n2)C[C@@H]1O. The topological polar surface area (TPSA) is 106 Å². The van der Waals surface area contributed by atoms with E-state index in [0.29, 0.717) is 42.1 Å². The van der Waals surface area contributed by atoms with Gasteiger partial charge in [0.1, 0.15) is 29.2 Å². The highest BCUT2D eigenvalue weighted by molar-refractivity contribution is 7.13.